The minimum absolute atomic E-state index is 0.175. The van der Waals surface area contributed by atoms with E-state index in [1.807, 2.05) is 13.8 Å². The number of benzene rings is 1. The molecule has 1 saturated carbocycles. The summed E-state index contributed by atoms with van der Waals surface area (Å²) in [6.45, 7) is 3.34. The second kappa shape index (κ2) is 6.03. The molecule has 3 N–H and O–H groups in total. The van der Waals surface area contributed by atoms with Crippen LogP contribution in [0.25, 0.3) is 10.9 Å². The van der Waals surface area contributed by atoms with E-state index in [2.05, 4.69) is 15.0 Å². The molecular weight excluding hydrogens is 330 g/mol. The van der Waals surface area contributed by atoms with E-state index in [0.29, 0.717) is 24.0 Å². The Bertz CT molecular complexity index is 975. The fourth-order valence-electron chi connectivity index (χ4n) is 2.57. The molecule has 0 saturated heterocycles. The van der Waals surface area contributed by atoms with Crippen molar-refractivity contribution in [1.29, 1.82) is 0 Å². The lowest BCUT2D eigenvalue weighted by atomic mass is 10.1. The van der Waals surface area contributed by atoms with Crippen molar-refractivity contribution in [3.05, 3.63) is 39.7 Å². The highest BCUT2D eigenvalue weighted by molar-refractivity contribution is 7.90. The van der Waals surface area contributed by atoms with Crippen LogP contribution in [0.2, 0.25) is 0 Å². The van der Waals surface area contributed by atoms with Crippen molar-refractivity contribution in [3.8, 4) is 0 Å². The second-order valence-corrected chi connectivity index (χ2v) is 8.19. The molecule has 0 aliphatic heterocycles. The normalized spacial score (nSPS) is 14.8. The molecule has 8 heteroatoms. The SMILES string of the molecule is Cc1cc2[nH]c(=O)cc(C)c2cc1NC(=O)CNS(=O)(=O)C1CC1. The van der Waals surface area contributed by atoms with E-state index < -0.39 is 15.9 Å². The summed E-state index contributed by atoms with van der Waals surface area (Å²) < 4.78 is 25.8. The zero-order valence-corrected chi connectivity index (χ0v) is 14.3. The van der Waals surface area contributed by atoms with Crippen molar-refractivity contribution in [2.75, 3.05) is 11.9 Å². The molecule has 7 nitrogen and oxygen atoms in total. The number of carbonyl (C=O) groups excluding carboxylic acids is 1. The average Bonchev–Trinajstić information content (AvgIpc) is 3.32. The van der Waals surface area contributed by atoms with Crippen LogP contribution in [-0.2, 0) is 14.8 Å². The van der Waals surface area contributed by atoms with Gasteiger partial charge in [-0.1, -0.05) is 0 Å². The maximum absolute atomic E-state index is 12.0. The molecule has 1 aromatic carbocycles. The van der Waals surface area contributed by atoms with Crippen molar-refractivity contribution in [2.45, 2.75) is 31.9 Å². The number of pyridine rings is 1. The molecule has 128 valence electrons. The monoisotopic (exact) mass is 349 g/mol. The number of fused-ring (bicyclic) bond motifs is 1. The third kappa shape index (κ3) is 3.49. The summed E-state index contributed by atoms with van der Waals surface area (Å²) in [7, 11) is -3.38. The van der Waals surface area contributed by atoms with Crippen LogP contribution in [0, 0.1) is 13.8 Å². The van der Waals surface area contributed by atoms with Crippen LogP contribution < -0.4 is 15.6 Å². The van der Waals surface area contributed by atoms with Gasteiger partial charge in [-0.05, 0) is 49.9 Å². The largest absolute Gasteiger partial charge is 0.325 e. The van der Waals surface area contributed by atoms with Gasteiger partial charge in [0.2, 0.25) is 21.5 Å². The third-order valence-electron chi connectivity index (χ3n) is 4.07. The van der Waals surface area contributed by atoms with Gasteiger partial charge >= 0.3 is 0 Å². The third-order valence-corrected chi connectivity index (χ3v) is 5.96. The lowest BCUT2D eigenvalue weighted by molar-refractivity contribution is -0.115. The molecule has 0 radical (unpaired) electrons. The minimum atomic E-state index is -3.38. The highest BCUT2D eigenvalue weighted by Gasteiger charge is 2.35. The molecule has 1 fully saturated rings. The predicted molar refractivity (Wildman–Crippen MR) is 92.6 cm³/mol. The fourth-order valence-corrected chi connectivity index (χ4v) is 3.90. The second-order valence-electron chi connectivity index (χ2n) is 6.14. The fraction of sp³-hybridized carbons (Fsp3) is 0.375. The number of aromatic amines is 1. The lowest BCUT2D eigenvalue weighted by Gasteiger charge is -2.12. The van der Waals surface area contributed by atoms with Crippen molar-refractivity contribution < 1.29 is 13.2 Å². The van der Waals surface area contributed by atoms with Gasteiger partial charge in [0.1, 0.15) is 0 Å². The molecule has 3 rings (SSSR count). The van der Waals surface area contributed by atoms with E-state index in [1.165, 1.54) is 6.07 Å². The first-order valence-electron chi connectivity index (χ1n) is 7.69. The summed E-state index contributed by atoms with van der Waals surface area (Å²) in [6, 6.07) is 5.06. The van der Waals surface area contributed by atoms with E-state index in [0.717, 1.165) is 16.5 Å². The van der Waals surface area contributed by atoms with Gasteiger partial charge in [0.15, 0.2) is 0 Å². The van der Waals surface area contributed by atoms with E-state index in [9.17, 15) is 18.0 Å². The van der Waals surface area contributed by atoms with Gasteiger partial charge in [-0.3, -0.25) is 9.59 Å². The van der Waals surface area contributed by atoms with Gasteiger partial charge in [-0.25, -0.2) is 13.1 Å². The number of rotatable bonds is 5. The number of hydrogen-bond donors (Lipinski definition) is 3. The number of sulfonamides is 1. The maximum Gasteiger partial charge on any atom is 0.248 e. The smallest absolute Gasteiger partial charge is 0.248 e. The van der Waals surface area contributed by atoms with Crippen molar-refractivity contribution in [1.82, 2.24) is 9.71 Å². The zero-order valence-electron chi connectivity index (χ0n) is 13.5. The van der Waals surface area contributed by atoms with Gasteiger partial charge in [0.05, 0.1) is 11.8 Å². The molecule has 0 bridgehead atoms. The first-order chi connectivity index (χ1) is 11.3. The highest BCUT2D eigenvalue weighted by Crippen LogP contribution is 2.27. The number of H-pyrrole nitrogens is 1. The zero-order chi connectivity index (χ0) is 17.5. The van der Waals surface area contributed by atoms with Crippen LogP contribution in [0.15, 0.2) is 23.0 Å². The van der Waals surface area contributed by atoms with E-state index in [1.54, 1.807) is 12.1 Å². The van der Waals surface area contributed by atoms with Crippen molar-refractivity contribution in [2.24, 2.45) is 0 Å². The first-order valence-corrected chi connectivity index (χ1v) is 9.23. The number of carbonyl (C=O) groups is 1. The van der Waals surface area contributed by atoms with Crippen LogP contribution in [0.1, 0.15) is 24.0 Å². The molecule has 24 heavy (non-hydrogen) atoms. The summed E-state index contributed by atoms with van der Waals surface area (Å²) in [4.78, 5) is 26.3. The maximum atomic E-state index is 12.0. The summed E-state index contributed by atoms with van der Waals surface area (Å²) in [5, 5.41) is 3.19. The number of anilines is 1. The quantitative estimate of drug-likeness (QED) is 0.753. The summed E-state index contributed by atoms with van der Waals surface area (Å²) >= 11 is 0. The molecule has 1 aliphatic rings. The summed E-state index contributed by atoms with van der Waals surface area (Å²) in [5.41, 5.74) is 2.70. The van der Waals surface area contributed by atoms with Gasteiger partial charge in [-0.2, -0.15) is 0 Å². The topological polar surface area (TPSA) is 108 Å². The number of nitrogens with one attached hydrogen (secondary N) is 3. The van der Waals surface area contributed by atoms with Crippen molar-refractivity contribution >= 4 is 32.5 Å². The van der Waals surface area contributed by atoms with Crippen LogP contribution in [-0.4, -0.2) is 31.1 Å². The standard InChI is InChI=1S/C16H19N3O4S/c1-9-6-15(20)19-14-5-10(2)13(7-12(9)14)18-16(21)8-17-24(22,23)11-3-4-11/h5-7,11,17H,3-4,8H2,1-2H3,(H,18,21)(H,19,20). The number of aromatic nitrogens is 1. The Labute approximate surface area is 139 Å². The van der Waals surface area contributed by atoms with Gasteiger partial charge in [0.25, 0.3) is 0 Å². The van der Waals surface area contributed by atoms with Gasteiger partial charge < -0.3 is 10.3 Å². The van der Waals surface area contributed by atoms with Crippen LogP contribution in [0.3, 0.4) is 0 Å². The molecule has 0 atom stereocenters. The Morgan fingerprint density at radius 3 is 2.58 bits per heavy atom. The van der Waals surface area contributed by atoms with E-state index >= 15 is 0 Å². The molecule has 0 unspecified atom stereocenters. The van der Waals surface area contributed by atoms with Crippen LogP contribution >= 0.6 is 0 Å². The summed E-state index contributed by atoms with van der Waals surface area (Å²) in [5.74, 6) is -0.427. The molecule has 1 amide bonds. The predicted octanol–water partition coefficient (Wildman–Crippen LogP) is 1.17. The summed E-state index contributed by atoms with van der Waals surface area (Å²) in [6.07, 6.45) is 1.30. The minimum Gasteiger partial charge on any atom is -0.325 e. The number of amides is 1. The Kier molecular flexibility index (Phi) is 4.18. The number of hydrogen-bond acceptors (Lipinski definition) is 4. The highest BCUT2D eigenvalue weighted by atomic mass is 32.2. The Hall–Kier alpha value is -2.19. The lowest BCUT2D eigenvalue weighted by Crippen LogP contribution is -2.35. The first kappa shape index (κ1) is 16.7. The molecule has 1 aliphatic carbocycles. The van der Waals surface area contributed by atoms with Crippen LogP contribution in [0.4, 0.5) is 5.69 Å². The van der Waals surface area contributed by atoms with Crippen molar-refractivity contribution in [3.63, 3.8) is 0 Å². The molecule has 1 aromatic heterocycles. The Morgan fingerprint density at radius 2 is 1.92 bits per heavy atom. The van der Waals surface area contributed by atoms with Gasteiger partial charge in [-0.15, -0.1) is 0 Å². The van der Waals surface area contributed by atoms with E-state index in [4.69, 9.17) is 0 Å². The van der Waals surface area contributed by atoms with E-state index in [-0.39, 0.29) is 17.4 Å². The Balaban J connectivity index is 1.78. The molecular formula is C16H19N3O4S. The molecule has 2 aromatic rings. The molecule has 0 spiro atoms. The van der Waals surface area contributed by atoms with Crippen LogP contribution in [0.5, 0.6) is 0 Å². The Morgan fingerprint density at radius 1 is 1.21 bits per heavy atom. The van der Waals surface area contributed by atoms with Gasteiger partial charge in [0, 0.05) is 22.7 Å². The average molecular weight is 349 g/mol. The molecule has 1 heterocycles. The number of aryl methyl sites for hydroxylation is 2.